The maximum Gasteiger partial charge on any atom is 0.263 e. The normalized spacial score (nSPS) is 20.1. The minimum atomic E-state index is -0.158. The molecule has 0 radical (unpaired) electrons. The topological polar surface area (TPSA) is 76.0 Å². The van der Waals surface area contributed by atoms with Crippen LogP contribution < -0.4 is 10.5 Å². The van der Waals surface area contributed by atoms with Gasteiger partial charge in [0.05, 0.1) is 24.9 Å². The number of benzene rings is 1. The van der Waals surface area contributed by atoms with Gasteiger partial charge in [-0.15, -0.1) is 5.10 Å². The molecule has 1 saturated carbocycles. The van der Waals surface area contributed by atoms with Crippen molar-refractivity contribution in [3.05, 3.63) is 45.4 Å². The predicted octanol–water partition coefficient (Wildman–Crippen LogP) is 2.83. The number of nitrogens with one attached hydrogen (secondary N) is 1. The summed E-state index contributed by atoms with van der Waals surface area (Å²) < 4.78 is 7.30. The van der Waals surface area contributed by atoms with Crippen molar-refractivity contribution in [2.75, 3.05) is 24.7 Å². The lowest BCUT2D eigenvalue weighted by molar-refractivity contribution is 0.0981. The number of anilines is 1. The molecule has 3 heterocycles. The molecular formula is C21H25N5O2. The molecule has 1 N–H and O–H groups in total. The van der Waals surface area contributed by atoms with Crippen molar-refractivity contribution in [1.82, 2.24) is 19.7 Å². The molecule has 3 aromatic rings. The number of H-pyrrole nitrogens is 1. The minimum Gasteiger partial charge on any atom is -0.377 e. The van der Waals surface area contributed by atoms with Gasteiger partial charge in [-0.3, -0.25) is 9.78 Å². The van der Waals surface area contributed by atoms with E-state index in [1.54, 1.807) is 10.9 Å². The van der Waals surface area contributed by atoms with E-state index >= 15 is 0 Å². The lowest BCUT2D eigenvalue weighted by Crippen LogP contribution is -2.45. The Hall–Kier alpha value is -2.67. The van der Waals surface area contributed by atoms with Gasteiger partial charge in [-0.25, -0.2) is 4.68 Å². The number of hydrogen-bond acceptors (Lipinski definition) is 5. The summed E-state index contributed by atoms with van der Waals surface area (Å²) in [5.74, 6) is 1.28. The average molecular weight is 379 g/mol. The maximum atomic E-state index is 12.7. The number of rotatable bonds is 3. The molecule has 1 aromatic carbocycles. The monoisotopic (exact) mass is 379 g/mol. The molecule has 28 heavy (non-hydrogen) atoms. The number of morpholine rings is 1. The number of aryl methyl sites for hydroxylation is 2. The van der Waals surface area contributed by atoms with Gasteiger partial charge in [0.25, 0.3) is 5.56 Å². The van der Waals surface area contributed by atoms with Crippen molar-refractivity contribution in [1.29, 1.82) is 0 Å². The molecular weight excluding hydrogens is 354 g/mol. The van der Waals surface area contributed by atoms with Crippen molar-refractivity contribution in [2.45, 2.75) is 45.6 Å². The summed E-state index contributed by atoms with van der Waals surface area (Å²) in [5, 5.41) is 5.17. The predicted molar refractivity (Wildman–Crippen MR) is 109 cm³/mol. The quantitative estimate of drug-likeness (QED) is 0.757. The largest absolute Gasteiger partial charge is 0.377 e. The fourth-order valence-electron chi connectivity index (χ4n) is 4.20. The van der Waals surface area contributed by atoms with E-state index in [9.17, 15) is 4.79 Å². The minimum absolute atomic E-state index is 0.158. The molecule has 2 fully saturated rings. The van der Waals surface area contributed by atoms with Crippen molar-refractivity contribution in [2.24, 2.45) is 0 Å². The number of ether oxygens (including phenoxy) is 1. The second-order valence-corrected chi connectivity index (χ2v) is 8.10. The van der Waals surface area contributed by atoms with Gasteiger partial charge in [0.2, 0.25) is 5.95 Å². The highest BCUT2D eigenvalue weighted by Gasteiger charge is 2.25. The van der Waals surface area contributed by atoms with Crippen LogP contribution in [0.25, 0.3) is 16.7 Å². The van der Waals surface area contributed by atoms with Gasteiger partial charge in [-0.1, -0.05) is 12.1 Å². The Morgan fingerprint density at radius 2 is 1.96 bits per heavy atom. The first-order valence-electron chi connectivity index (χ1n) is 9.97. The summed E-state index contributed by atoms with van der Waals surface area (Å²) >= 11 is 0. The summed E-state index contributed by atoms with van der Waals surface area (Å²) in [5.41, 5.74) is 5.11. The van der Waals surface area contributed by atoms with Crippen molar-refractivity contribution in [3.63, 3.8) is 0 Å². The zero-order valence-corrected chi connectivity index (χ0v) is 16.5. The Bertz CT molecular complexity index is 1090. The van der Waals surface area contributed by atoms with Crippen LogP contribution in [0.4, 0.5) is 5.95 Å². The highest BCUT2D eigenvalue weighted by molar-refractivity contribution is 5.75. The van der Waals surface area contributed by atoms with E-state index in [1.165, 1.54) is 29.5 Å². The molecule has 0 amide bonds. The molecule has 5 rings (SSSR count). The van der Waals surface area contributed by atoms with Gasteiger partial charge in [0, 0.05) is 12.7 Å². The lowest BCUT2D eigenvalue weighted by atomic mass is 10.0. The SMILES string of the molecule is Cc1cc(C2CC2)cc(C)c1-n1cc2c(=O)[nH]c(N3CCOC[C@H]3C)nc2n1. The maximum absolute atomic E-state index is 12.7. The number of aromatic amines is 1. The number of aromatic nitrogens is 4. The van der Waals surface area contributed by atoms with E-state index in [4.69, 9.17) is 4.74 Å². The third-order valence-corrected chi connectivity index (χ3v) is 5.81. The zero-order chi connectivity index (χ0) is 19.4. The standard InChI is InChI=1S/C21H25N5O2/c1-12-8-16(15-4-5-15)9-13(2)18(12)26-10-17-19(24-26)22-21(23-20(17)27)25-6-7-28-11-14(25)3/h8-10,14-15H,4-7,11H2,1-3H3,(H,22,23,24,27)/t14-/m1/s1. The Labute approximate surface area is 163 Å². The molecule has 0 spiro atoms. The summed E-state index contributed by atoms with van der Waals surface area (Å²) in [6.45, 7) is 8.25. The Balaban J connectivity index is 1.59. The molecule has 1 saturated heterocycles. The Kier molecular flexibility index (Phi) is 4.01. The first kappa shape index (κ1) is 17.4. The van der Waals surface area contributed by atoms with Crippen LogP contribution in [0.2, 0.25) is 0 Å². The van der Waals surface area contributed by atoms with Crippen molar-refractivity contribution in [3.8, 4) is 5.69 Å². The fourth-order valence-corrected chi connectivity index (χ4v) is 4.20. The van der Waals surface area contributed by atoms with E-state index in [0.29, 0.717) is 42.7 Å². The van der Waals surface area contributed by atoms with Gasteiger partial charge in [0.1, 0.15) is 5.39 Å². The third kappa shape index (κ3) is 2.90. The number of nitrogens with zero attached hydrogens (tertiary/aromatic N) is 4. The summed E-state index contributed by atoms with van der Waals surface area (Å²) in [6.07, 6.45) is 4.36. The molecule has 1 atom stereocenters. The third-order valence-electron chi connectivity index (χ3n) is 5.81. The number of hydrogen-bond donors (Lipinski definition) is 1. The van der Waals surface area contributed by atoms with E-state index < -0.39 is 0 Å². The molecule has 1 aliphatic heterocycles. The van der Waals surface area contributed by atoms with E-state index in [2.05, 4.69) is 52.9 Å². The summed E-state index contributed by atoms with van der Waals surface area (Å²) in [7, 11) is 0. The second-order valence-electron chi connectivity index (χ2n) is 8.10. The van der Waals surface area contributed by atoms with Crippen molar-refractivity contribution >= 4 is 17.0 Å². The van der Waals surface area contributed by atoms with Crippen LogP contribution in [0.1, 0.15) is 42.4 Å². The molecule has 0 bridgehead atoms. The van der Waals surface area contributed by atoms with Crippen LogP contribution in [0.5, 0.6) is 0 Å². The first-order chi connectivity index (χ1) is 13.5. The van der Waals surface area contributed by atoms with Crippen LogP contribution >= 0.6 is 0 Å². The van der Waals surface area contributed by atoms with Crippen LogP contribution in [0, 0.1) is 13.8 Å². The second kappa shape index (κ2) is 6.44. The molecule has 146 valence electrons. The summed E-state index contributed by atoms with van der Waals surface area (Å²) in [6, 6.07) is 4.67. The van der Waals surface area contributed by atoms with Gasteiger partial charge in [-0.2, -0.15) is 4.98 Å². The van der Waals surface area contributed by atoms with Crippen LogP contribution in [-0.2, 0) is 4.74 Å². The van der Waals surface area contributed by atoms with Gasteiger partial charge in [0.15, 0.2) is 5.65 Å². The average Bonchev–Trinajstić information content (AvgIpc) is 3.42. The molecule has 7 heteroatoms. The van der Waals surface area contributed by atoms with Crippen molar-refractivity contribution < 1.29 is 4.74 Å². The highest BCUT2D eigenvalue weighted by atomic mass is 16.5. The summed E-state index contributed by atoms with van der Waals surface area (Å²) in [4.78, 5) is 22.4. The van der Waals surface area contributed by atoms with Crippen LogP contribution in [0.3, 0.4) is 0 Å². The molecule has 7 nitrogen and oxygen atoms in total. The van der Waals surface area contributed by atoms with E-state index in [0.717, 1.165) is 5.69 Å². The number of fused-ring (bicyclic) bond motifs is 1. The Morgan fingerprint density at radius 1 is 1.21 bits per heavy atom. The zero-order valence-electron chi connectivity index (χ0n) is 16.5. The van der Waals surface area contributed by atoms with Crippen LogP contribution in [0.15, 0.2) is 23.1 Å². The van der Waals surface area contributed by atoms with Gasteiger partial charge in [-0.05, 0) is 56.2 Å². The highest BCUT2D eigenvalue weighted by Crippen LogP contribution is 2.41. The fraction of sp³-hybridized carbons (Fsp3) is 0.476. The molecule has 2 aliphatic rings. The van der Waals surface area contributed by atoms with Crippen LogP contribution in [-0.4, -0.2) is 45.5 Å². The lowest BCUT2D eigenvalue weighted by Gasteiger charge is -2.33. The Morgan fingerprint density at radius 3 is 2.64 bits per heavy atom. The van der Waals surface area contributed by atoms with Gasteiger partial charge >= 0.3 is 0 Å². The van der Waals surface area contributed by atoms with Gasteiger partial charge < -0.3 is 9.64 Å². The molecule has 1 aliphatic carbocycles. The van der Waals surface area contributed by atoms with E-state index in [1.807, 2.05) is 0 Å². The van der Waals surface area contributed by atoms with E-state index in [-0.39, 0.29) is 11.6 Å². The first-order valence-corrected chi connectivity index (χ1v) is 9.97. The molecule has 2 aromatic heterocycles. The smallest absolute Gasteiger partial charge is 0.263 e. The molecule has 0 unspecified atom stereocenters.